The minimum Gasteiger partial charge on any atom is -0.239 e. The second-order valence-corrected chi connectivity index (χ2v) is 4.88. The molecule has 0 aliphatic carbocycles. The van der Waals surface area contributed by atoms with Crippen LogP contribution in [0.15, 0.2) is 0 Å². The van der Waals surface area contributed by atoms with Crippen LogP contribution in [0.4, 0.5) is 35.1 Å². The third-order valence-electron chi connectivity index (χ3n) is 0.965. The van der Waals surface area contributed by atoms with E-state index in [-0.39, 0.29) is 45.2 Å². The van der Waals surface area contributed by atoms with Crippen LogP contribution in [-0.4, -0.2) is 20.1 Å². The minimum absolute atomic E-state index is 0.175. The van der Waals surface area contributed by atoms with Gasteiger partial charge in [0.05, 0.1) is 0 Å². The summed E-state index contributed by atoms with van der Waals surface area (Å²) in [6.45, 7) is 0. The Morgan fingerprint density at radius 2 is 1.07 bits per heavy atom. The van der Waals surface area contributed by atoms with Gasteiger partial charge in [0.25, 0.3) is 0 Å². The van der Waals surface area contributed by atoms with E-state index in [9.17, 15) is 35.1 Å². The minimum atomic E-state index is -5.79. The zero-order valence-electron chi connectivity index (χ0n) is 6.19. The van der Waals surface area contributed by atoms with Gasteiger partial charge in [0.15, 0.2) is 0 Å². The number of hydrogen-bond donors (Lipinski definition) is 0. The Balaban J connectivity index is 5.03. The molecule has 0 saturated heterocycles. The molecule has 92 valence electrons. The summed E-state index contributed by atoms with van der Waals surface area (Å²) in [7, 11) is 0. The van der Waals surface area contributed by atoms with E-state index in [1.54, 1.807) is 0 Å². The molecule has 0 aliphatic rings. The summed E-state index contributed by atoms with van der Waals surface area (Å²) in [6.07, 6.45) is -5.79. The fraction of sp³-hybridized carbons (Fsp3) is 1.00. The first-order valence-corrected chi connectivity index (χ1v) is 4.96. The molecular weight excluding hydrogens is 470 g/mol. The standard InChI is InChI=1S/C4F8I2O/c5-1(6,2(7,8)13)3(9,14)15-4(10,11)12. The average Bonchev–Trinajstić information content (AvgIpc) is 1.77. The lowest BCUT2D eigenvalue weighted by Gasteiger charge is -2.31. The lowest BCUT2D eigenvalue weighted by molar-refractivity contribution is -0.404. The van der Waals surface area contributed by atoms with E-state index in [0.717, 1.165) is 0 Å². The van der Waals surface area contributed by atoms with Crippen molar-refractivity contribution in [1.29, 1.82) is 0 Å². The smallest absolute Gasteiger partial charge is 0.239 e. The van der Waals surface area contributed by atoms with Crippen LogP contribution in [0.25, 0.3) is 0 Å². The third kappa shape index (κ3) is 3.98. The Morgan fingerprint density at radius 3 is 1.27 bits per heavy atom. The lowest BCUT2D eigenvalue weighted by Crippen LogP contribution is -2.53. The second kappa shape index (κ2) is 4.27. The highest BCUT2D eigenvalue weighted by atomic mass is 127. The normalized spacial score (nSPS) is 18.8. The van der Waals surface area contributed by atoms with Gasteiger partial charge in [-0.2, -0.15) is 22.0 Å². The monoisotopic (exact) mass is 470 g/mol. The molecule has 0 aromatic rings. The fourth-order valence-electron chi connectivity index (χ4n) is 0.374. The Morgan fingerprint density at radius 1 is 0.733 bits per heavy atom. The summed E-state index contributed by atoms with van der Waals surface area (Å²) < 4.78 is 88.5. The Bertz CT molecular complexity index is 230. The van der Waals surface area contributed by atoms with E-state index >= 15 is 0 Å². The van der Waals surface area contributed by atoms with Gasteiger partial charge < -0.3 is 0 Å². The molecule has 1 unspecified atom stereocenters. The molecule has 0 rings (SSSR count). The second-order valence-electron chi connectivity index (χ2n) is 2.14. The number of alkyl halides is 10. The molecule has 0 saturated carbocycles. The molecule has 0 N–H and O–H groups in total. The van der Waals surface area contributed by atoms with Gasteiger partial charge in [-0.25, -0.2) is 4.74 Å². The first kappa shape index (κ1) is 15.9. The number of halogens is 10. The van der Waals surface area contributed by atoms with Gasteiger partial charge in [-0.15, -0.1) is 13.2 Å². The molecule has 15 heavy (non-hydrogen) atoms. The lowest BCUT2D eigenvalue weighted by atomic mass is 10.3. The summed E-state index contributed by atoms with van der Waals surface area (Å²) >= 11 is -0.354. The zero-order valence-corrected chi connectivity index (χ0v) is 10.5. The largest absolute Gasteiger partial charge is 0.526 e. The Labute approximate surface area is 105 Å². The first-order valence-electron chi connectivity index (χ1n) is 2.80. The van der Waals surface area contributed by atoms with Gasteiger partial charge in [0, 0.05) is 45.2 Å². The van der Waals surface area contributed by atoms with Gasteiger partial charge in [-0.05, 0) is 0 Å². The topological polar surface area (TPSA) is 9.23 Å². The van der Waals surface area contributed by atoms with Gasteiger partial charge in [-0.3, -0.25) is 0 Å². The summed E-state index contributed by atoms with van der Waals surface area (Å²) in [5.74, 6) is -5.63. The summed E-state index contributed by atoms with van der Waals surface area (Å²) in [5, 5.41) is 0. The zero-order chi connectivity index (χ0) is 12.7. The van der Waals surface area contributed by atoms with E-state index in [4.69, 9.17) is 0 Å². The van der Waals surface area contributed by atoms with Crippen molar-refractivity contribution in [3.63, 3.8) is 0 Å². The molecule has 0 spiro atoms. The van der Waals surface area contributed by atoms with Gasteiger partial charge in [0.1, 0.15) is 0 Å². The molecule has 0 aromatic carbocycles. The maximum Gasteiger partial charge on any atom is 0.526 e. The van der Waals surface area contributed by atoms with Crippen LogP contribution >= 0.6 is 45.2 Å². The summed E-state index contributed by atoms with van der Waals surface area (Å²) in [5.41, 5.74) is 0. The molecule has 1 nitrogen and oxygen atoms in total. The number of hydrogen-bond acceptors (Lipinski definition) is 1. The third-order valence-corrected chi connectivity index (χ3v) is 2.54. The molecule has 0 aliphatic heterocycles. The van der Waals surface area contributed by atoms with Crippen molar-refractivity contribution in [2.45, 2.75) is 20.1 Å². The van der Waals surface area contributed by atoms with Crippen molar-refractivity contribution in [3.8, 4) is 0 Å². The number of rotatable bonds is 3. The molecule has 0 radical (unpaired) electrons. The van der Waals surface area contributed by atoms with Crippen LogP contribution in [0.2, 0.25) is 0 Å². The Hall–Kier alpha value is 0.860. The highest BCUT2D eigenvalue weighted by Gasteiger charge is 2.72. The van der Waals surface area contributed by atoms with E-state index in [2.05, 4.69) is 4.74 Å². The molecule has 0 aromatic heterocycles. The van der Waals surface area contributed by atoms with Gasteiger partial charge >= 0.3 is 20.1 Å². The predicted octanol–water partition coefficient (Wildman–Crippen LogP) is 4.24. The van der Waals surface area contributed by atoms with Crippen molar-refractivity contribution in [2.75, 3.05) is 0 Å². The Kier molecular flexibility index (Phi) is 4.51. The maximum atomic E-state index is 12.7. The molecule has 1 atom stereocenters. The van der Waals surface area contributed by atoms with Crippen LogP contribution in [0.3, 0.4) is 0 Å². The van der Waals surface area contributed by atoms with Crippen molar-refractivity contribution in [1.82, 2.24) is 0 Å². The van der Waals surface area contributed by atoms with Crippen LogP contribution in [0, 0.1) is 0 Å². The highest BCUT2D eigenvalue weighted by Crippen LogP contribution is 2.53. The first-order chi connectivity index (χ1) is 6.21. The molecule has 0 heterocycles. The van der Waals surface area contributed by atoms with Gasteiger partial charge in [0.2, 0.25) is 0 Å². The van der Waals surface area contributed by atoms with E-state index in [1.165, 1.54) is 0 Å². The van der Waals surface area contributed by atoms with Crippen LogP contribution < -0.4 is 0 Å². The van der Waals surface area contributed by atoms with Crippen LogP contribution in [0.5, 0.6) is 0 Å². The van der Waals surface area contributed by atoms with E-state index in [0.29, 0.717) is 0 Å². The van der Waals surface area contributed by atoms with Crippen molar-refractivity contribution >= 4 is 45.2 Å². The fourth-order valence-corrected chi connectivity index (χ4v) is 1.83. The summed E-state index contributed by atoms with van der Waals surface area (Å²) in [4.78, 5) is 0. The molecule has 0 amide bonds. The SMILES string of the molecule is FC(F)(F)OC(F)(I)C(F)(F)C(F)(F)I. The van der Waals surface area contributed by atoms with Crippen molar-refractivity contribution in [2.24, 2.45) is 0 Å². The predicted molar refractivity (Wildman–Crippen MR) is 48.9 cm³/mol. The van der Waals surface area contributed by atoms with Crippen LogP contribution in [0.1, 0.15) is 0 Å². The van der Waals surface area contributed by atoms with E-state index in [1.807, 2.05) is 0 Å². The number of ether oxygens (including phenoxy) is 1. The average molecular weight is 470 g/mol. The van der Waals surface area contributed by atoms with E-state index < -0.39 is 20.1 Å². The van der Waals surface area contributed by atoms with Crippen molar-refractivity contribution < 1.29 is 39.9 Å². The molecule has 0 bridgehead atoms. The quantitative estimate of drug-likeness (QED) is 0.341. The highest BCUT2D eigenvalue weighted by molar-refractivity contribution is 14.1. The maximum absolute atomic E-state index is 12.7. The summed E-state index contributed by atoms with van der Waals surface area (Å²) in [6, 6.07) is 0. The van der Waals surface area contributed by atoms with Crippen molar-refractivity contribution in [3.05, 3.63) is 0 Å². The van der Waals surface area contributed by atoms with Gasteiger partial charge in [-0.1, -0.05) is 0 Å². The van der Waals surface area contributed by atoms with Crippen LogP contribution in [-0.2, 0) is 4.74 Å². The molecule has 11 heteroatoms. The molecule has 0 fully saturated rings. The molecular formula is C4F8I2O.